The topological polar surface area (TPSA) is 135 Å². The van der Waals surface area contributed by atoms with Crippen LogP contribution in [0.4, 0.5) is 19.0 Å². The Balaban J connectivity index is 1.72. The van der Waals surface area contributed by atoms with Crippen molar-refractivity contribution in [3.63, 3.8) is 0 Å². The Bertz CT molecular complexity index is 1220. The number of alkyl halides is 3. The first-order chi connectivity index (χ1) is 13.8. The summed E-state index contributed by atoms with van der Waals surface area (Å²) in [4.78, 5) is 33.6. The number of anilines is 1. The first-order valence-corrected chi connectivity index (χ1v) is 7.89. The lowest BCUT2D eigenvalue weighted by molar-refractivity contribution is -0.137. The maximum absolute atomic E-state index is 13.2. The lowest BCUT2D eigenvalue weighted by atomic mass is 10.1. The van der Waals surface area contributed by atoms with Crippen LogP contribution in [0.2, 0.25) is 0 Å². The van der Waals surface area contributed by atoms with E-state index < -0.39 is 29.1 Å². The predicted octanol–water partition coefficient (Wildman–Crippen LogP) is 1.55. The summed E-state index contributed by atoms with van der Waals surface area (Å²) in [5.74, 6) is -1.46. The normalized spacial score (nSPS) is 11.6. The third-order valence-electron chi connectivity index (χ3n) is 3.70. The van der Waals surface area contributed by atoms with Crippen LogP contribution in [0.15, 0.2) is 42.9 Å². The van der Waals surface area contributed by atoms with Crippen LogP contribution in [0.25, 0.3) is 22.6 Å². The smallest absolute Gasteiger partial charge is 0.382 e. The summed E-state index contributed by atoms with van der Waals surface area (Å²) in [5, 5.41) is 7.39. The molecule has 4 heterocycles. The van der Waals surface area contributed by atoms with Gasteiger partial charge in [0.05, 0.1) is 11.8 Å². The molecule has 0 radical (unpaired) electrons. The number of nitrogens with zero attached hydrogens (tertiary/aromatic N) is 7. The molecule has 0 saturated carbocycles. The standard InChI is InChI=1S/C16H9F3N8O2/c17-16(18,19)8-3-1-5-21-11(8)10-7-23-13(20)12(24-10)15(28)29-27-14-9(25-26-27)4-2-6-22-14/h1-7H,(H2,20,23). The molecule has 0 amide bonds. The fraction of sp³-hybridized carbons (Fsp3) is 0.0625. The Morgan fingerprint density at radius 1 is 1.10 bits per heavy atom. The number of rotatable bonds is 3. The summed E-state index contributed by atoms with van der Waals surface area (Å²) < 4.78 is 39.7. The summed E-state index contributed by atoms with van der Waals surface area (Å²) in [6.07, 6.45) is -1.10. The van der Waals surface area contributed by atoms with E-state index in [1.165, 1.54) is 6.20 Å². The second-order valence-corrected chi connectivity index (χ2v) is 5.57. The number of pyridine rings is 2. The van der Waals surface area contributed by atoms with Crippen molar-refractivity contribution in [2.45, 2.75) is 6.18 Å². The van der Waals surface area contributed by atoms with Crippen molar-refractivity contribution in [3.8, 4) is 11.4 Å². The van der Waals surface area contributed by atoms with Gasteiger partial charge < -0.3 is 10.6 Å². The summed E-state index contributed by atoms with van der Waals surface area (Å²) in [7, 11) is 0. The molecule has 0 spiro atoms. The molecule has 2 N–H and O–H groups in total. The SMILES string of the molecule is Nc1ncc(-c2ncccc2C(F)(F)F)nc1C(=O)On1nnc2cccnc21. The van der Waals surface area contributed by atoms with Crippen molar-refractivity contribution in [3.05, 3.63) is 54.1 Å². The molecule has 0 aliphatic carbocycles. The minimum absolute atomic E-state index is 0.146. The molecule has 4 aromatic rings. The van der Waals surface area contributed by atoms with Gasteiger partial charge in [0.2, 0.25) is 5.65 Å². The van der Waals surface area contributed by atoms with Crippen molar-refractivity contribution in [1.82, 2.24) is 35.1 Å². The van der Waals surface area contributed by atoms with Gasteiger partial charge in [0.25, 0.3) is 0 Å². The Kier molecular flexibility index (Phi) is 4.26. The van der Waals surface area contributed by atoms with E-state index in [1.807, 2.05) is 0 Å². The van der Waals surface area contributed by atoms with E-state index in [4.69, 9.17) is 10.6 Å². The number of hydrogen-bond donors (Lipinski definition) is 1. The molecule has 0 fully saturated rings. The number of nitrogen functional groups attached to an aromatic ring is 1. The quantitative estimate of drug-likeness (QED) is 0.506. The van der Waals surface area contributed by atoms with E-state index in [9.17, 15) is 18.0 Å². The summed E-state index contributed by atoms with van der Waals surface area (Å²) in [6, 6.07) is 5.18. The van der Waals surface area contributed by atoms with Crippen LogP contribution in [0, 0.1) is 0 Å². The van der Waals surface area contributed by atoms with Crippen LogP contribution in [-0.2, 0) is 6.18 Å². The Hall–Kier alpha value is -4.16. The zero-order valence-corrected chi connectivity index (χ0v) is 14.2. The molecule has 0 aliphatic rings. The molecule has 0 aromatic carbocycles. The number of carbonyl (C=O) groups is 1. The molecule has 10 nitrogen and oxygen atoms in total. The molecule has 0 saturated heterocycles. The number of nitrogens with two attached hydrogens (primary N) is 1. The highest BCUT2D eigenvalue weighted by molar-refractivity contribution is 5.93. The molecule has 29 heavy (non-hydrogen) atoms. The molecule has 4 aromatic heterocycles. The van der Waals surface area contributed by atoms with Gasteiger partial charge in [-0.2, -0.15) is 13.2 Å². The number of halogens is 3. The highest BCUT2D eigenvalue weighted by atomic mass is 19.4. The summed E-state index contributed by atoms with van der Waals surface area (Å²) in [5.41, 5.74) is 3.80. The van der Waals surface area contributed by atoms with Crippen molar-refractivity contribution < 1.29 is 22.8 Å². The number of aromatic nitrogens is 7. The van der Waals surface area contributed by atoms with Crippen LogP contribution in [0.1, 0.15) is 16.1 Å². The molecule has 0 aliphatic heterocycles. The zero-order chi connectivity index (χ0) is 20.6. The van der Waals surface area contributed by atoms with Crippen LogP contribution in [0.5, 0.6) is 0 Å². The third kappa shape index (κ3) is 3.40. The average Bonchev–Trinajstić information content (AvgIpc) is 3.10. The van der Waals surface area contributed by atoms with Gasteiger partial charge in [-0.15, -0.1) is 5.10 Å². The summed E-state index contributed by atoms with van der Waals surface area (Å²) in [6.45, 7) is 0. The lowest BCUT2D eigenvalue weighted by Crippen LogP contribution is -2.24. The zero-order valence-electron chi connectivity index (χ0n) is 14.2. The Morgan fingerprint density at radius 3 is 2.66 bits per heavy atom. The largest absolute Gasteiger partial charge is 0.418 e. The van der Waals surface area contributed by atoms with Crippen molar-refractivity contribution in [1.29, 1.82) is 0 Å². The second kappa shape index (κ2) is 6.78. The Morgan fingerprint density at radius 2 is 1.86 bits per heavy atom. The van der Waals surface area contributed by atoms with Gasteiger partial charge in [0.1, 0.15) is 16.9 Å². The van der Waals surface area contributed by atoms with Crippen LogP contribution in [-0.4, -0.2) is 41.1 Å². The number of carbonyl (C=O) groups excluding carboxylic acids is 1. The maximum atomic E-state index is 13.2. The molecule has 4 rings (SSSR count). The lowest BCUT2D eigenvalue weighted by Gasteiger charge is -2.12. The average molecular weight is 402 g/mol. The first kappa shape index (κ1) is 18.2. The van der Waals surface area contributed by atoms with Gasteiger partial charge in [0, 0.05) is 12.4 Å². The molecular weight excluding hydrogens is 393 g/mol. The van der Waals surface area contributed by atoms with Gasteiger partial charge in [-0.05, 0) is 34.3 Å². The highest BCUT2D eigenvalue weighted by Crippen LogP contribution is 2.35. The third-order valence-corrected chi connectivity index (χ3v) is 3.70. The molecule has 13 heteroatoms. The van der Waals surface area contributed by atoms with Crippen LogP contribution >= 0.6 is 0 Å². The van der Waals surface area contributed by atoms with Crippen molar-refractivity contribution >= 4 is 23.0 Å². The molecular formula is C16H9F3N8O2. The van der Waals surface area contributed by atoms with Crippen LogP contribution < -0.4 is 10.6 Å². The van der Waals surface area contributed by atoms with E-state index in [-0.39, 0.29) is 17.2 Å². The van der Waals surface area contributed by atoms with E-state index in [2.05, 4.69) is 30.2 Å². The first-order valence-electron chi connectivity index (χ1n) is 7.89. The van der Waals surface area contributed by atoms with Gasteiger partial charge in [-0.1, -0.05) is 0 Å². The van der Waals surface area contributed by atoms with E-state index in [0.29, 0.717) is 5.52 Å². The van der Waals surface area contributed by atoms with Gasteiger partial charge >= 0.3 is 12.1 Å². The number of fused-ring (bicyclic) bond motifs is 1. The maximum Gasteiger partial charge on any atom is 0.418 e. The van der Waals surface area contributed by atoms with E-state index in [0.717, 1.165) is 29.4 Å². The Labute approximate surface area is 159 Å². The fourth-order valence-corrected chi connectivity index (χ4v) is 2.43. The number of hydrogen-bond acceptors (Lipinski definition) is 9. The second-order valence-electron chi connectivity index (χ2n) is 5.57. The minimum Gasteiger partial charge on any atom is -0.382 e. The predicted molar refractivity (Wildman–Crippen MR) is 90.9 cm³/mol. The van der Waals surface area contributed by atoms with Gasteiger partial charge in [0.15, 0.2) is 11.5 Å². The monoisotopic (exact) mass is 402 g/mol. The minimum atomic E-state index is -4.68. The molecule has 0 bridgehead atoms. The molecule has 0 atom stereocenters. The van der Waals surface area contributed by atoms with Gasteiger partial charge in [-0.3, -0.25) is 4.98 Å². The van der Waals surface area contributed by atoms with Crippen molar-refractivity contribution in [2.24, 2.45) is 0 Å². The van der Waals surface area contributed by atoms with E-state index in [1.54, 1.807) is 12.1 Å². The molecule has 146 valence electrons. The summed E-state index contributed by atoms with van der Waals surface area (Å²) >= 11 is 0. The van der Waals surface area contributed by atoms with Gasteiger partial charge in [-0.25, -0.2) is 19.7 Å². The molecule has 0 unspecified atom stereocenters. The fourth-order valence-electron chi connectivity index (χ4n) is 2.43. The van der Waals surface area contributed by atoms with Crippen LogP contribution in [0.3, 0.4) is 0 Å². The van der Waals surface area contributed by atoms with E-state index >= 15 is 0 Å². The van der Waals surface area contributed by atoms with Crippen molar-refractivity contribution in [2.75, 3.05) is 5.73 Å². The highest BCUT2D eigenvalue weighted by Gasteiger charge is 2.35.